The van der Waals surface area contributed by atoms with E-state index < -0.39 is 15.6 Å². The lowest BCUT2D eigenvalue weighted by atomic mass is 10.1. The SMILES string of the molecule is CC(C)(C)OC(=O)N1CCC(N(CCN2CCCC2)S(=O)(=O)c2ccc(Nc3nccc(Nc4ccc(F)cc4)n3)cc2)CC1. The number of halogens is 1. The number of rotatable bonds is 10. The van der Waals surface area contributed by atoms with E-state index in [1.165, 1.54) is 12.1 Å². The lowest BCUT2D eigenvalue weighted by molar-refractivity contribution is 0.0176. The molecule has 11 nitrogen and oxygen atoms in total. The van der Waals surface area contributed by atoms with Crippen molar-refractivity contribution in [2.24, 2.45) is 0 Å². The van der Waals surface area contributed by atoms with Gasteiger partial charge in [-0.3, -0.25) is 0 Å². The minimum atomic E-state index is -3.82. The van der Waals surface area contributed by atoms with E-state index in [0.29, 0.717) is 62.2 Å². The molecule has 2 aliphatic heterocycles. The van der Waals surface area contributed by atoms with Crippen LogP contribution in [0.2, 0.25) is 0 Å². The van der Waals surface area contributed by atoms with Crippen molar-refractivity contribution in [3.63, 3.8) is 0 Å². The molecule has 2 aromatic carbocycles. The third-order valence-corrected chi connectivity index (χ3v) is 9.81. The van der Waals surface area contributed by atoms with Crippen LogP contribution in [0.15, 0.2) is 65.7 Å². The van der Waals surface area contributed by atoms with Gasteiger partial charge in [-0.15, -0.1) is 0 Å². The Bertz CT molecular complexity index is 1530. The molecule has 2 N–H and O–H groups in total. The van der Waals surface area contributed by atoms with Crippen molar-refractivity contribution in [3.8, 4) is 0 Å². The highest BCUT2D eigenvalue weighted by Crippen LogP contribution is 2.27. The maximum atomic E-state index is 14.1. The van der Waals surface area contributed by atoms with Crippen LogP contribution in [0, 0.1) is 5.82 Å². The number of amides is 1. The molecular weight excluding hydrogens is 597 g/mol. The van der Waals surface area contributed by atoms with Crippen molar-refractivity contribution < 1.29 is 22.3 Å². The normalized spacial score (nSPS) is 16.6. The smallest absolute Gasteiger partial charge is 0.410 e. The summed E-state index contributed by atoms with van der Waals surface area (Å²) in [5, 5.41) is 6.22. The molecule has 0 aliphatic carbocycles. The van der Waals surface area contributed by atoms with Gasteiger partial charge in [-0.25, -0.2) is 22.6 Å². The molecule has 13 heteroatoms. The van der Waals surface area contributed by atoms with E-state index in [-0.39, 0.29) is 22.8 Å². The van der Waals surface area contributed by atoms with Crippen LogP contribution in [-0.4, -0.2) is 89.5 Å². The number of nitrogens with one attached hydrogen (secondary N) is 2. The monoisotopic (exact) mass is 639 g/mol. The van der Waals surface area contributed by atoms with Gasteiger partial charge in [0.25, 0.3) is 0 Å². The number of benzene rings is 2. The molecule has 2 saturated heterocycles. The Kier molecular flexibility index (Phi) is 10.2. The highest BCUT2D eigenvalue weighted by molar-refractivity contribution is 7.89. The molecule has 5 rings (SSSR count). The summed E-state index contributed by atoms with van der Waals surface area (Å²) < 4.78 is 48.6. The van der Waals surface area contributed by atoms with Crippen molar-refractivity contribution in [2.75, 3.05) is 49.9 Å². The van der Waals surface area contributed by atoms with Gasteiger partial charge in [0.2, 0.25) is 16.0 Å². The van der Waals surface area contributed by atoms with Crippen molar-refractivity contribution in [1.82, 2.24) is 24.1 Å². The molecule has 1 amide bonds. The number of piperidine rings is 1. The molecule has 0 unspecified atom stereocenters. The maximum Gasteiger partial charge on any atom is 0.410 e. The van der Waals surface area contributed by atoms with Gasteiger partial charge in [0.05, 0.1) is 4.90 Å². The van der Waals surface area contributed by atoms with Crippen LogP contribution < -0.4 is 10.6 Å². The highest BCUT2D eigenvalue weighted by atomic mass is 32.2. The lowest BCUT2D eigenvalue weighted by Crippen LogP contribution is -2.51. The molecule has 0 saturated carbocycles. The largest absolute Gasteiger partial charge is 0.444 e. The summed E-state index contributed by atoms with van der Waals surface area (Å²) in [6.07, 6.45) is 4.56. The number of ether oxygens (including phenoxy) is 1. The lowest BCUT2D eigenvalue weighted by Gasteiger charge is -2.38. The highest BCUT2D eigenvalue weighted by Gasteiger charge is 2.36. The quantitative estimate of drug-likeness (QED) is 0.293. The fraction of sp³-hybridized carbons (Fsp3) is 0.469. The summed E-state index contributed by atoms with van der Waals surface area (Å²) >= 11 is 0. The average molecular weight is 640 g/mol. The first-order valence-electron chi connectivity index (χ1n) is 15.4. The van der Waals surface area contributed by atoms with Gasteiger partial charge < -0.3 is 25.2 Å². The van der Waals surface area contributed by atoms with Crippen LogP contribution in [0.5, 0.6) is 0 Å². The number of hydrogen-bond acceptors (Lipinski definition) is 9. The Morgan fingerprint density at radius 3 is 2.22 bits per heavy atom. The average Bonchev–Trinajstić information content (AvgIpc) is 3.52. The van der Waals surface area contributed by atoms with E-state index in [9.17, 15) is 17.6 Å². The zero-order chi connectivity index (χ0) is 32.0. The van der Waals surface area contributed by atoms with Gasteiger partial charge >= 0.3 is 6.09 Å². The summed E-state index contributed by atoms with van der Waals surface area (Å²) in [5.74, 6) is 0.515. The van der Waals surface area contributed by atoms with Crippen molar-refractivity contribution >= 4 is 39.3 Å². The number of carbonyl (C=O) groups is 1. The second-order valence-corrected chi connectivity index (χ2v) is 14.3. The molecule has 242 valence electrons. The number of sulfonamides is 1. The zero-order valence-electron chi connectivity index (χ0n) is 26.1. The number of nitrogens with zero attached hydrogens (tertiary/aromatic N) is 5. The Balaban J connectivity index is 1.27. The summed E-state index contributed by atoms with van der Waals surface area (Å²) in [5.41, 5.74) is 0.721. The van der Waals surface area contributed by atoms with Crippen molar-refractivity contribution in [1.29, 1.82) is 0 Å². The van der Waals surface area contributed by atoms with E-state index in [1.54, 1.807) is 57.9 Å². The van der Waals surface area contributed by atoms with E-state index in [2.05, 4.69) is 25.5 Å². The molecule has 2 aliphatic rings. The number of carbonyl (C=O) groups excluding carboxylic acids is 1. The first-order chi connectivity index (χ1) is 21.5. The molecule has 1 aromatic heterocycles. The third-order valence-electron chi connectivity index (χ3n) is 7.85. The number of hydrogen-bond donors (Lipinski definition) is 2. The van der Waals surface area contributed by atoms with E-state index >= 15 is 0 Å². The number of likely N-dealkylation sites (tertiary alicyclic amines) is 2. The van der Waals surface area contributed by atoms with Crippen LogP contribution >= 0.6 is 0 Å². The van der Waals surface area contributed by atoms with Crippen LogP contribution in [0.1, 0.15) is 46.5 Å². The Morgan fingerprint density at radius 2 is 1.58 bits per heavy atom. The Morgan fingerprint density at radius 1 is 0.956 bits per heavy atom. The topological polar surface area (TPSA) is 120 Å². The van der Waals surface area contributed by atoms with Crippen LogP contribution in [0.25, 0.3) is 0 Å². The molecule has 45 heavy (non-hydrogen) atoms. The van der Waals surface area contributed by atoms with Gasteiger partial charge in [0, 0.05) is 49.8 Å². The fourth-order valence-corrected chi connectivity index (χ4v) is 7.23. The minimum Gasteiger partial charge on any atom is -0.444 e. The van der Waals surface area contributed by atoms with Gasteiger partial charge in [0.15, 0.2) is 0 Å². The second-order valence-electron chi connectivity index (χ2n) is 12.4. The maximum absolute atomic E-state index is 14.1. The van der Waals surface area contributed by atoms with E-state index in [1.807, 2.05) is 20.8 Å². The zero-order valence-corrected chi connectivity index (χ0v) is 26.9. The van der Waals surface area contributed by atoms with Gasteiger partial charge in [-0.2, -0.15) is 9.29 Å². The van der Waals surface area contributed by atoms with Gasteiger partial charge in [-0.1, -0.05) is 0 Å². The van der Waals surface area contributed by atoms with Crippen LogP contribution in [0.3, 0.4) is 0 Å². The Labute approximate surface area is 264 Å². The molecular formula is C32H42FN7O4S. The standard InChI is InChI=1S/C32H42FN7O4S/c1-32(2,3)44-31(41)39-20-15-27(16-21-39)40(23-22-38-18-4-5-19-38)45(42,43)28-12-10-26(11-13-28)36-30-34-17-14-29(37-30)35-25-8-6-24(33)7-9-25/h6-14,17,27H,4-5,15-16,18-23H2,1-3H3,(H2,34,35,36,37). The van der Waals surface area contributed by atoms with Gasteiger partial charge in [0.1, 0.15) is 17.2 Å². The number of anilines is 4. The van der Waals surface area contributed by atoms with Crippen molar-refractivity contribution in [3.05, 3.63) is 66.6 Å². The van der Waals surface area contributed by atoms with Crippen molar-refractivity contribution in [2.45, 2.75) is 63.0 Å². The van der Waals surface area contributed by atoms with Crippen LogP contribution in [-0.2, 0) is 14.8 Å². The summed E-state index contributed by atoms with van der Waals surface area (Å²) in [4.78, 5) is 25.5. The molecule has 0 bridgehead atoms. The molecule has 3 heterocycles. The predicted octanol–water partition coefficient (Wildman–Crippen LogP) is 5.59. The summed E-state index contributed by atoms with van der Waals surface area (Å²) in [6, 6.07) is 14.0. The molecule has 2 fully saturated rings. The predicted molar refractivity (Wildman–Crippen MR) is 172 cm³/mol. The Hall–Kier alpha value is -3.81. The van der Waals surface area contributed by atoms with Crippen LogP contribution in [0.4, 0.5) is 32.3 Å². The van der Waals surface area contributed by atoms with E-state index in [4.69, 9.17) is 4.74 Å². The second kappa shape index (κ2) is 14.1. The molecule has 3 aromatic rings. The third kappa shape index (κ3) is 8.89. The van der Waals surface area contributed by atoms with E-state index in [0.717, 1.165) is 25.9 Å². The first kappa shape index (κ1) is 32.6. The molecule has 0 atom stereocenters. The van der Waals surface area contributed by atoms with Gasteiger partial charge in [-0.05, 0) is 114 Å². The first-order valence-corrected chi connectivity index (χ1v) is 16.9. The summed E-state index contributed by atoms with van der Waals surface area (Å²) in [7, 11) is -3.82. The fourth-order valence-electron chi connectivity index (χ4n) is 5.55. The molecule has 0 spiro atoms. The minimum absolute atomic E-state index is 0.205. The molecule has 0 radical (unpaired) electrons. The summed E-state index contributed by atoms with van der Waals surface area (Å²) in [6.45, 7) is 9.41. The number of aromatic nitrogens is 2.